The lowest BCUT2D eigenvalue weighted by atomic mass is 9.33. The lowest BCUT2D eigenvalue weighted by molar-refractivity contribution is 0.568. The van der Waals surface area contributed by atoms with Crippen LogP contribution < -0.4 is 26.2 Å². The Kier molecular flexibility index (Phi) is 9.27. The van der Waals surface area contributed by atoms with E-state index in [-0.39, 0.29) is 28.4 Å². The number of hydrogen-bond donors (Lipinski definition) is 0. The number of fused-ring (bicyclic) bond motifs is 4. The fourth-order valence-electron chi connectivity index (χ4n) is 9.45. The zero-order valence-electron chi connectivity index (χ0n) is 37.9. The van der Waals surface area contributed by atoms with Crippen molar-refractivity contribution >= 4 is 57.2 Å². The first-order chi connectivity index (χ1) is 27.0. The van der Waals surface area contributed by atoms with E-state index in [0.29, 0.717) is 0 Å². The van der Waals surface area contributed by atoms with E-state index in [1.807, 2.05) is 0 Å². The minimum atomic E-state index is -0.0177. The van der Waals surface area contributed by atoms with Crippen molar-refractivity contribution in [2.24, 2.45) is 0 Å². The van der Waals surface area contributed by atoms with Crippen LogP contribution in [0.25, 0.3) is 11.1 Å². The van der Waals surface area contributed by atoms with Gasteiger partial charge in [-0.2, -0.15) is 0 Å². The summed E-state index contributed by atoms with van der Waals surface area (Å²) in [6.45, 7) is 34.9. The molecule has 0 saturated carbocycles. The Hall–Kier alpha value is -5.02. The molecule has 296 valence electrons. The number of para-hydroxylation sites is 1. The molecule has 0 bridgehead atoms. The van der Waals surface area contributed by atoms with Crippen LogP contribution in [0.2, 0.25) is 0 Å². The van der Waals surface area contributed by atoms with Crippen molar-refractivity contribution in [3.05, 3.63) is 148 Å². The Morgan fingerprint density at radius 1 is 0.397 bits per heavy atom. The molecule has 0 N–H and O–H groups in total. The number of benzene rings is 6. The molecule has 2 nitrogen and oxygen atoms in total. The van der Waals surface area contributed by atoms with E-state index in [1.54, 1.807) is 0 Å². The van der Waals surface area contributed by atoms with Crippen molar-refractivity contribution in [2.75, 3.05) is 9.80 Å². The lowest BCUT2D eigenvalue weighted by Crippen LogP contribution is -2.61. The van der Waals surface area contributed by atoms with Gasteiger partial charge in [0.1, 0.15) is 0 Å². The minimum absolute atomic E-state index is 0.00875. The van der Waals surface area contributed by atoms with Crippen LogP contribution in [0.4, 0.5) is 34.1 Å². The van der Waals surface area contributed by atoms with E-state index >= 15 is 0 Å². The fraction of sp³-hybridized carbons (Fsp3) is 0.345. The first-order valence-electron chi connectivity index (χ1n) is 21.4. The first kappa shape index (κ1) is 39.8. The molecule has 0 unspecified atom stereocenters. The van der Waals surface area contributed by atoms with Crippen LogP contribution in [0.1, 0.15) is 122 Å². The molecule has 0 spiro atoms. The highest BCUT2D eigenvalue weighted by molar-refractivity contribution is 7.00. The molecule has 0 aliphatic carbocycles. The van der Waals surface area contributed by atoms with Crippen molar-refractivity contribution in [3.63, 3.8) is 0 Å². The molecule has 6 aromatic carbocycles. The number of anilines is 6. The average molecular weight is 763 g/mol. The fourth-order valence-corrected chi connectivity index (χ4v) is 9.45. The molecule has 2 aliphatic heterocycles. The van der Waals surface area contributed by atoms with Gasteiger partial charge in [-0.15, -0.1) is 0 Å². The number of aryl methyl sites for hydroxylation is 3. The predicted molar refractivity (Wildman–Crippen MR) is 255 cm³/mol. The highest BCUT2D eigenvalue weighted by Gasteiger charge is 2.44. The van der Waals surface area contributed by atoms with Crippen molar-refractivity contribution in [1.29, 1.82) is 0 Å². The van der Waals surface area contributed by atoms with Gasteiger partial charge in [0.05, 0.1) is 0 Å². The summed E-state index contributed by atoms with van der Waals surface area (Å²) in [6, 6.07) is 42.9. The van der Waals surface area contributed by atoms with E-state index in [9.17, 15) is 0 Å². The number of hydrogen-bond acceptors (Lipinski definition) is 2. The second-order valence-corrected chi connectivity index (χ2v) is 21.5. The monoisotopic (exact) mass is 763 g/mol. The zero-order chi connectivity index (χ0) is 41.9. The second kappa shape index (κ2) is 13.5. The lowest BCUT2D eigenvalue weighted by Gasteiger charge is -2.45. The zero-order valence-corrected chi connectivity index (χ0v) is 37.9. The van der Waals surface area contributed by atoms with Gasteiger partial charge >= 0.3 is 0 Å². The van der Waals surface area contributed by atoms with Gasteiger partial charge in [0.25, 0.3) is 6.71 Å². The van der Waals surface area contributed by atoms with Crippen LogP contribution in [-0.2, 0) is 21.7 Å². The molecular formula is C55H63BN2. The summed E-state index contributed by atoms with van der Waals surface area (Å²) in [5, 5.41) is 0. The van der Waals surface area contributed by atoms with Crippen LogP contribution in [0.15, 0.2) is 109 Å². The summed E-state index contributed by atoms with van der Waals surface area (Å²) in [6.07, 6.45) is 0. The normalized spacial score (nSPS) is 14.0. The van der Waals surface area contributed by atoms with E-state index < -0.39 is 0 Å². The first-order valence-corrected chi connectivity index (χ1v) is 21.4. The number of rotatable bonds is 3. The smallest absolute Gasteiger partial charge is 0.252 e. The summed E-state index contributed by atoms with van der Waals surface area (Å²) >= 11 is 0. The molecule has 0 aromatic heterocycles. The van der Waals surface area contributed by atoms with Crippen LogP contribution in [0, 0.1) is 20.8 Å². The molecule has 58 heavy (non-hydrogen) atoms. The molecule has 6 aromatic rings. The maximum Gasteiger partial charge on any atom is 0.252 e. The SMILES string of the molecule is Cc1cc(C)c(-c2ccc3c(c2)B2c4ccccc4N(c4cc(C(C)(C)C)cc(C(C)(C)C)c4)c4cccc(c42)N3c2cc(C(C)(C)C)cc(C(C)(C)C)c2)c(C)c1. The van der Waals surface area contributed by atoms with Crippen LogP contribution in [-0.4, -0.2) is 6.71 Å². The van der Waals surface area contributed by atoms with Crippen LogP contribution in [0.5, 0.6) is 0 Å². The quantitative estimate of drug-likeness (QED) is 0.165. The third kappa shape index (κ3) is 6.79. The molecule has 0 fully saturated rings. The van der Waals surface area contributed by atoms with Gasteiger partial charge in [0.15, 0.2) is 0 Å². The third-order valence-electron chi connectivity index (χ3n) is 12.7. The van der Waals surface area contributed by atoms with Gasteiger partial charge in [-0.3, -0.25) is 0 Å². The highest BCUT2D eigenvalue weighted by atomic mass is 15.2. The molecule has 2 heterocycles. The van der Waals surface area contributed by atoms with Crippen molar-refractivity contribution in [1.82, 2.24) is 0 Å². The Bertz CT molecular complexity index is 2500. The Balaban J connectivity index is 1.48. The van der Waals surface area contributed by atoms with Gasteiger partial charge in [0.2, 0.25) is 0 Å². The standard InChI is InChI=1S/C55H63BN2/c1-34-25-35(2)50(36(3)26-34)37-23-24-47-45(27-37)56-44-19-16-17-20-46(44)57(42-30-38(52(4,5)6)28-39(31-42)53(7,8)9)48-21-18-22-49(51(48)56)58(47)43-32-40(54(10,11)12)29-41(33-43)55(13,14)15/h16-33H,1-15H3. The Labute approximate surface area is 350 Å². The van der Waals surface area contributed by atoms with Crippen LogP contribution >= 0.6 is 0 Å². The van der Waals surface area contributed by atoms with Crippen molar-refractivity contribution in [2.45, 2.75) is 126 Å². The van der Waals surface area contributed by atoms with Crippen molar-refractivity contribution < 1.29 is 0 Å². The maximum atomic E-state index is 2.59. The van der Waals surface area contributed by atoms with Gasteiger partial charge in [0, 0.05) is 34.1 Å². The summed E-state index contributed by atoms with van der Waals surface area (Å²) in [7, 11) is 0. The molecule has 0 radical (unpaired) electrons. The van der Waals surface area contributed by atoms with Gasteiger partial charge in [-0.05, 0) is 152 Å². The Morgan fingerprint density at radius 2 is 0.810 bits per heavy atom. The predicted octanol–water partition coefficient (Wildman–Crippen LogP) is 13.6. The van der Waals surface area contributed by atoms with E-state index in [1.165, 1.54) is 101 Å². The highest BCUT2D eigenvalue weighted by Crippen LogP contribution is 2.47. The molecule has 0 atom stereocenters. The molecule has 0 saturated heterocycles. The molecule has 8 rings (SSSR count). The van der Waals surface area contributed by atoms with E-state index in [0.717, 1.165) is 0 Å². The summed E-state index contributed by atoms with van der Waals surface area (Å²) in [5.41, 5.74) is 23.4. The second-order valence-electron chi connectivity index (χ2n) is 21.5. The molecule has 3 heteroatoms. The van der Waals surface area contributed by atoms with Gasteiger partial charge < -0.3 is 9.80 Å². The van der Waals surface area contributed by atoms with E-state index in [2.05, 4.69) is 223 Å². The summed E-state index contributed by atoms with van der Waals surface area (Å²) in [5.74, 6) is 0. The maximum absolute atomic E-state index is 2.59. The van der Waals surface area contributed by atoms with E-state index in [4.69, 9.17) is 0 Å². The largest absolute Gasteiger partial charge is 0.311 e. The molecular weight excluding hydrogens is 699 g/mol. The third-order valence-corrected chi connectivity index (χ3v) is 12.7. The summed E-state index contributed by atoms with van der Waals surface area (Å²) < 4.78 is 0. The number of nitrogens with zero attached hydrogens (tertiary/aromatic N) is 2. The van der Waals surface area contributed by atoms with Crippen molar-refractivity contribution in [3.8, 4) is 11.1 Å². The van der Waals surface area contributed by atoms with Crippen LogP contribution in [0.3, 0.4) is 0 Å². The topological polar surface area (TPSA) is 6.48 Å². The Morgan fingerprint density at radius 3 is 1.26 bits per heavy atom. The van der Waals surface area contributed by atoms with Gasteiger partial charge in [-0.25, -0.2) is 0 Å². The molecule has 2 aliphatic rings. The molecule has 0 amide bonds. The minimum Gasteiger partial charge on any atom is -0.311 e. The summed E-state index contributed by atoms with van der Waals surface area (Å²) in [4.78, 5) is 5.16. The van der Waals surface area contributed by atoms with Gasteiger partial charge in [-0.1, -0.05) is 149 Å². The average Bonchev–Trinajstić information content (AvgIpc) is 3.12.